The standard InChI is InChI=1S/C15H14ClNO3/c1-2-11-6-8-12(9-7-11)20-10-13-14(16)4-3-5-15(13)17(18)19/h3-9H,2,10H2,1H3. The molecule has 2 aromatic rings. The lowest BCUT2D eigenvalue weighted by Gasteiger charge is -2.08. The van der Waals surface area contributed by atoms with Gasteiger partial charge in [0.1, 0.15) is 12.4 Å². The van der Waals surface area contributed by atoms with Gasteiger partial charge in [-0.15, -0.1) is 0 Å². The first-order chi connectivity index (χ1) is 9.61. The Morgan fingerprint density at radius 1 is 1.20 bits per heavy atom. The topological polar surface area (TPSA) is 52.4 Å². The summed E-state index contributed by atoms with van der Waals surface area (Å²) in [7, 11) is 0. The van der Waals surface area contributed by atoms with Crippen LogP contribution in [0, 0.1) is 10.1 Å². The van der Waals surface area contributed by atoms with Gasteiger partial charge in [0.2, 0.25) is 0 Å². The molecule has 0 spiro atoms. The Hall–Kier alpha value is -2.07. The molecule has 0 aliphatic rings. The molecule has 5 heteroatoms. The van der Waals surface area contributed by atoms with Gasteiger partial charge in [0.15, 0.2) is 0 Å². The van der Waals surface area contributed by atoms with Crippen LogP contribution in [-0.4, -0.2) is 4.92 Å². The number of ether oxygens (including phenoxy) is 1. The average Bonchev–Trinajstić information content (AvgIpc) is 2.46. The van der Waals surface area contributed by atoms with Crippen molar-refractivity contribution < 1.29 is 9.66 Å². The Balaban J connectivity index is 2.16. The van der Waals surface area contributed by atoms with Gasteiger partial charge >= 0.3 is 0 Å². The van der Waals surface area contributed by atoms with Crippen molar-refractivity contribution in [3.05, 3.63) is 68.7 Å². The Morgan fingerprint density at radius 3 is 2.50 bits per heavy atom. The van der Waals surface area contributed by atoms with Crippen LogP contribution in [0.15, 0.2) is 42.5 Å². The van der Waals surface area contributed by atoms with Crippen molar-refractivity contribution in [3.63, 3.8) is 0 Å². The van der Waals surface area contributed by atoms with Gasteiger partial charge in [0.05, 0.1) is 15.5 Å². The summed E-state index contributed by atoms with van der Waals surface area (Å²) in [5.41, 5.74) is 1.57. The largest absolute Gasteiger partial charge is 0.489 e. The van der Waals surface area contributed by atoms with Crippen molar-refractivity contribution in [2.75, 3.05) is 0 Å². The third-order valence-corrected chi connectivity index (χ3v) is 3.36. The molecule has 0 amide bonds. The zero-order valence-corrected chi connectivity index (χ0v) is 11.8. The predicted octanol–water partition coefficient (Wildman–Crippen LogP) is 4.39. The van der Waals surface area contributed by atoms with Crippen molar-refractivity contribution in [1.29, 1.82) is 0 Å². The molecule has 20 heavy (non-hydrogen) atoms. The fraction of sp³-hybridized carbons (Fsp3) is 0.200. The van der Waals surface area contributed by atoms with Crippen LogP contribution >= 0.6 is 11.6 Å². The molecule has 0 aliphatic carbocycles. The van der Waals surface area contributed by atoms with Crippen LogP contribution in [-0.2, 0) is 13.0 Å². The van der Waals surface area contributed by atoms with Gasteiger partial charge < -0.3 is 4.74 Å². The van der Waals surface area contributed by atoms with E-state index in [0.717, 1.165) is 6.42 Å². The third kappa shape index (κ3) is 3.27. The minimum atomic E-state index is -0.454. The van der Waals surface area contributed by atoms with Gasteiger partial charge in [-0.2, -0.15) is 0 Å². The Labute approximate surface area is 122 Å². The molecular formula is C15H14ClNO3. The molecule has 0 fully saturated rings. The fourth-order valence-corrected chi connectivity index (χ4v) is 2.06. The van der Waals surface area contributed by atoms with Crippen LogP contribution in [0.5, 0.6) is 5.75 Å². The van der Waals surface area contributed by atoms with Gasteiger partial charge in [0, 0.05) is 6.07 Å². The monoisotopic (exact) mass is 291 g/mol. The van der Waals surface area contributed by atoms with E-state index in [0.29, 0.717) is 16.3 Å². The highest BCUT2D eigenvalue weighted by Gasteiger charge is 2.16. The highest BCUT2D eigenvalue weighted by Crippen LogP contribution is 2.27. The maximum Gasteiger partial charge on any atom is 0.277 e. The molecule has 0 aromatic heterocycles. The van der Waals surface area contributed by atoms with E-state index >= 15 is 0 Å². The summed E-state index contributed by atoms with van der Waals surface area (Å²) in [6.45, 7) is 2.14. The second kappa shape index (κ2) is 6.39. The lowest BCUT2D eigenvalue weighted by molar-refractivity contribution is -0.385. The summed E-state index contributed by atoms with van der Waals surface area (Å²) in [6, 6.07) is 12.2. The third-order valence-electron chi connectivity index (χ3n) is 3.01. The quantitative estimate of drug-likeness (QED) is 0.606. The van der Waals surface area contributed by atoms with Crippen LogP contribution in [0.1, 0.15) is 18.1 Å². The second-order valence-corrected chi connectivity index (χ2v) is 4.69. The SMILES string of the molecule is CCc1ccc(OCc2c(Cl)cccc2[N+](=O)[O-])cc1. The summed E-state index contributed by atoms with van der Waals surface area (Å²) >= 11 is 6.00. The van der Waals surface area contributed by atoms with Crippen molar-refractivity contribution in [1.82, 2.24) is 0 Å². The Kier molecular flexibility index (Phi) is 4.58. The molecule has 0 aliphatic heterocycles. The maximum atomic E-state index is 11.0. The van der Waals surface area contributed by atoms with Crippen molar-refractivity contribution >= 4 is 17.3 Å². The molecule has 0 N–H and O–H groups in total. The second-order valence-electron chi connectivity index (χ2n) is 4.28. The zero-order valence-electron chi connectivity index (χ0n) is 11.0. The number of rotatable bonds is 5. The fourth-order valence-electron chi connectivity index (χ4n) is 1.84. The van der Waals surface area contributed by atoms with E-state index in [9.17, 15) is 10.1 Å². The van der Waals surface area contributed by atoms with E-state index in [1.807, 2.05) is 24.3 Å². The highest BCUT2D eigenvalue weighted by molar-refractivity contribution is 6.31. The average molecular weight is 292 g/mol. The van der Waals surface area contributed by atoms with Crippen molar-refractivity contribution in [3.8, 4) is 5.75 Å². The van der Waals surface area contributed by atoms with Gasteiger partial charge in [-0.25, -0.2) is 0 Å². The summed E-state index contributed by atoms with van der Waals surface area (Å²) in [5.74, 6) is 0.663. The molecule has 104 valence electrons. The van der Waals surface area contributed by atoms with Crippen LogP contribution in [0.3, 0.4) is 0 Å². The minimum Gasteiger partial charge on any atom is -0.489 e. The smallest absolute Gasteiger partial charge is 0.277 e. The molecule has 0 radical (unpaired) electrons. The number of nitro benzene ring substituents is 1. The zero-order chi connectivity index (χ0) is 14.5. The van der Waals surface area contributed by atoms with Crippen LogP contribution < -0.4 is 4.74 Å². The van der Waals surface area contributed by atoms with E-state index in [1.165, 1.54) is 11.6 Å². The number of benzene rings is 2. The summed E-state index contributed by atoms with van der Waals surface area (Å²) in [4.78, 5) is 10.5. The number of hydrogen-bond acceptors (Lipinski definition) is 3. The van der Waals surface area contributed by atoms with Crippen molar-refractivity contribution in [2.24, 2.45) is 0 Å². The van der Waals surface area contributed by atoms with Gasteiger partial charge in [-0.05, 0) is 30.2 Å². The first-order valence-electron chi connectivity index (χ1n) is 6.25. The molecule has 4 nitrogen and oxygen atoms in total. The van der Waals surface area contributed by atoms with Crippen LogP contribution in [0.4, 0.5) is 5.69 Å². The van der Waals surface area contributed by atoms with Crippen molar-refractivity contribution in [2.45, 2.75) is 20.0 Å². The van der Waals surface area contributed by atoms with E-state index < -0.39 is 4.92 Å². The Bertz CT molecular complexity index is 611. The van der Waals surface area contributed by atoms with Gasteiger partial charge in [0.25, 0.3) is 5.69 Å². The summed E-state index contributed by atoms with van der Waals surface area (Å²) in [5, 5.41) is 11.3. The van der Waals surface area contributed by atoms with Gasteiger partial charge in [-0.1, -0.05) is 36.7 Å². The number of halogens is 1. The van der Waals surface area contributed by atoms with E-state index in [1.54, 1.807) is 12.1 Å². The summed E-state index contributed by atoms with van der Waals surface area (Å²) < 4.78 is 5.57. The van der Waals surface area contributed by atoms with Crippen LogP contribution in [0.2, 0.25) is 5.02 Å². The minimum absolute atomic E-state index is 0.0253. The van der Waals surface area contributed by atoms with Gasteiger partial charge in [-0.3, -0.25) is 10.1 Å². The number of hydrogen-bond donors (Lipinski definition) is 0. The maximum absolute atomic E-state index is 11.0. The predicted molar refractivity (Wildman–Crippen MR) is 78.3 cm³/mol. The molecule has 0 unspecified atom stereocenters. The molecule has 0 heterocycles. The molecule has 0 atom stereocenters. The number of nitrogens with zero attached hydrogens (tertiary/aromatic N) is 1. The van der Waals surface area contributed by atoms with E-state index in [-0.39, 0.29) is 12.3 Å². The molecule has 2 aromatic carbocycles. The van der Waals surface area contributed by atoms with E-state index in [2.05, 4.69) is 6.92 Å². The molecule has 0 saturated carbocycles. The lowest BCUT2D eigenvalue weighted by Crippen LogP contribution is -2.01. The molecular weight excluding hydrogens is 278 g/mol. The Morgan fingerprint density at radius 2 is 1.90 bits per heavy atom. The molecule has 0 saturated heterocycles. The lowest BCUT2D eigenvalue weighted by atomic mass is 10.1. The summed E-state index contributed by atoms with van der Waals surface area (Å²) in [6.07, 6.45) is 0.955. The first-order valence-corrected chi connectivity index (χ1v) is 6.63. The van der Waals surface area contributed by atoms with E-state index in [4.69, 9.17) is 16.3 Å². The molecule has 0 bridgehead atoms. The van der Waals surface area contributed by atoms with Crippen LogP contribution in [0.25, 0.3) is 0 Å². The number of nitro groups is 1. The number of aryl methyl sites for hydroxylation is 1. The first kappa shape index (κ1) is 14.3. The highest BCUT2D eigenvalue weighted by atomic mass is 35.5. The molecule has 2 rings (SSSR count). The normalized spacial score (nSPS) is 10.3.